The molecule has 1 N–H and O–H groups in total. The van der Waals surface area contributed by atoms with E-state index in [1.54, 1.807) is 12.1 Å². The highest BCUT2D eigenvalue weighted by Gasteiger charge is 2.34. The summed E-state index contributed by atoms with van der Waals surface area (Å²) in [6.07, 6.45) is 0. The minimum atomic E-state index is -1.20. The summed E-state index contributed by atoms with van der Waals surface area (Å²) in [6, 6.07) is 4.66. The van der Waals surface area contributed by atoms with Crippen LogP contribution in [0.2, 0.25) is 0 Å². The number of anilines is 1. The van der Waals surface area contributed by atoms with Gasteiger partial charge in [-0.25, -0.2) is 14.4 Å². The average molecular weight is 400 g/mol. The molecule has 0 aromatic heterocycles. The lowest BCUT2D eigenvalue weighted by molar-refractivity contribution is -0.140. The number of benzene rings is 1. The number of carboxylic acid groups (broad SMARTS) is 1. The minimum Gasteiger partial charge on any atom is -0.478 e. The molecule has 1 aliphatic heterocycles. The Hall–Kier alpha value is -2.39. The van der Waals surface area contributed by atoms with Gasteiger partial charge in [0.25, 0.3) is 0 Å². The van der Waals surface area contributed by atoms with Gasteiger partial charge in [0.15, 0.2) is 0 Å². The van der Waals surface area contributed by atoms with Gasteiger partial charge in [-0.2, -0.15) is 0 Å². The normalized spacial score (nSPS) is 14.4. The molecule has 0 spiro atoms. The molecule has 1 heterocycles. The van der Waals surface area contributed by atoms with E-state index in [2.05, 4.69) is 20.7 Å². The van der Waals surface area contributed by atoms with Crippen molar-refractivity contribution in [3.63, 3.8) is 0 Å². The monoisotopic (exact) mass is 399 g/mol. The number of rotatable bonds is 4. The topological polar surface area (TPSA) is 102 Å². The fourth-order valence-corrected chi connectivity index (χ4v) is 2.81. The molecule has 0 atom stereocenters. The lowest BCUT2D eigenvalue weighted by atomic mass is 10.1. The SMILES string of the molecule is COC(=O)C1=C(C(=O)OC)N(c2cccc(Br)c2C(=O)O)COC1. The largest absolute Gasteiger partial charge is 0.478 e. The van der Waals surface area contributed by atoms with Crippen LogP contribution in [0.3, 0.4) is 0 Å². The smallest absolute Gasteiger partial charge is 0.355 e. The first-order chi connectivity index (χ1) is 11.4. The van der Waals surface area contributed by atoms with Gasteiger partial charge in [-0.1, -0.05) is 6.07 Å². The zero-order chi connectivity index (χ0) is 17.9. The maximum absolute atomic E-state index is 12.2. The third-order valence-electron chi connectivity index (χ3n) is 3.33. The van der Waals surface area contributed by atoms with Gasteiger partial charge < -0.3 is 24.2 Å². The van der Waals surface area contributed by atoms with Crippen LogP contribution in [0.5, 0.6) is 0 Å². The number of nitrogens with zero attached hydrogens (tertiary/aromatic N) is 1. The number of carbonyl (C=O) groups excluding carboxylic acids is 2. The first-order valence-corrected chi connectivity index (χ1v) is 7.48. The van der Waals surface area contributed by atoms with E-state index in [0.717, 1.165) is 7.11 Å². The first kappa shape index (κ1) is 18.0. The Balaban J connectivity index is 2.68. The number of aromatic carboxylic acids is 1. The molecule has 1 aromatic rings. The van der Waals surface area contributed by atoms with Crippen LogP contribution in [0, 0.1) is 0 Å². The zero-order valence-electron chi connectivity index (χ0n) is 12.9. The second-order valence-corrected chi connectivity index (χ2v) is 5.51. The maximum Gasteiger partial charge on any atom is 0.355 e. The fourth-order valence-electron chi connectivity index (χ4n) is 2.28. The van der Waals surface area contributed by atoms with Gasteiger partial charge in [0.2, 0.25) is 0 Å². The highest BCUT2D eigenvalue weighted by atomic mass is 79.9. The van der Waals surface area contributed by atoms with Crippen LogP contribution in [0.4, 0.5) is 5.69 Å². The van der Waals surface area contributed by atoms with Gasteiger partial charge in [0.1, 0.15) is 12.4 Å². The molecule has 8 nitrogen and oxygen atoms in total. The van der Waals surface area contributed by atoms with Crippen LogP contribution in [-0.2, 0) is 23.8 Å². The fraction of sp³-hybridized carbons (Fsp3) is 0.267. The minimum absolute atomic E-state index is 0.0492. The van der Waals surface area contributed by atoms with Crippen LogP contribution in [0.15, 0.2) is 33.9 Å². The lowest BCUT2D eigenvalue weighted by Gasteiger charge is -2.32. The highest BCUT2D eigenvalue weighted by molar-refractivity contribution is 9.10. The molecular formula is C15H14BrNO7. The predicted molar refractivity (Wildman–Crippen MR) is 85.5 cm³/mol. The first-order valence-electron chi connectivity index (χ1n) is 6.69. The Bertz CT molecular complexity index is 729. The summed E-state index contributed by atoms with van der Waals surface area (Å²) in [6.45, 7) is -0.272. The summed E-state index contributed by atoms with van der Waals surface area (Å²) >= 11 is 3.17. The van der Waals surface area contributed by atoms with E-state index in [-0.39, 0.29) is 35.9 Å². The van der Waals surface area contributed by atoms with Crippen LogP contribution < -0.4 is 4.90 Å². The summed E-state index contributed by atoms with van der Waals surface area (Å²) in [7, 11) is 2.34. The van der Waals surface area contributed by atoms with Gasteiger partial charge >= 0.3 is 17.9 Å². The van der Waals surface area contributed by atoms with Crippen molar-refractivity contribution < 1.29 is 33.7 Å². The zero-order valence-corrected chi connectivity index (χ0v) is 14.5. The molecular weight excluding hydrogens is 386 g/mol. The van der Waals surface area contributed by atoms with E-state index in [1.807, 2.05) is 0 Å². The van der Waals surface area contributed by atoms with Crippen molar-refractivity contribution in [3.8, 4) is 0 Å². The van der Waals surface area contributed by atoms with Crippen molar-refractivity contribution >= 4 is 39.5 Å². The Morgan fingerprint density at radius 1 is 1.21 bits per heavy atom. The summed E-state index contributed by atoms with van der Waals surface area (Å²) in [5.74, 6) is -2.76. The number of carbonyl (C=O) groups is 3. The van der Waals surface area contributed by atoms with Crippen molar-refractivity contribution in [1.29, 1.82) is 0 Å². The Morgan fingerprint density at radius 2 is 1.88 bits per heavy atom. The van der Waals surface area contributed by atoms with Crippen molar-refractivity contribution in [2.75, 3.05) is 32.5 Å². The quantitative estimate of drug-likeness (QED) is 0.760. The van der Waals surface area contributed by atoms with E-state index in [9.17, 15) is 19.5 Å². The lowest BCUT2D eigenvalue weighted by Crippen LogP contribution is -2.39. The number of hydrogen-bond donors (Lipinski definition) is 1. The third-order valence-corrected chi connectivity index (χ3v) is 3.99. The summed E-state index contributed by atoms with van der Waals surface area (Å²) in [5.41, 5.74) is -0.0601. The van der Waals surface area contributed by atoms with Crippen LogP contribution >= 0.6 is 15.9 Å². The number of halogens is 1. The number of hydrogen-bond acceptors (Lipinski definition) is 7. The third kappa shape index (κ3) is 3.26. The molecule has 9 heteroatoms. The van der Waals surface area contributed by atoms with E-state index in [4.69, 9.17) is 9.47 Å². The molecule has 0 saturated heterocycles. The predicted octanol–water partition coefficient (Wildman–Crippen LogP) is 1.54. The van der Waals surface area contributed by atoms with Gasteiger partial charge in [-0.3, -0.25) is 0 Å². The van der Waals surface area contributed by atoms with Crippen LogP contribution in [0.1, 0.15) is 10.4 Å². The van der Waals surface area contributed by atoms with E-state index in [1.165, 1.54) is 18.1 Å². The second kappa shape index (κ2) is 7.45. The van der Waals surface area contributed by atoms with Gasteiger partial charge in [0, 0.05) is 4.47 Å². The molecule has 1 aromatic carbocycles. The molecule has 2 rings (SSSR count). The molecule has 0 saturated carbocycles. The highest BCUT2D eigenvalue weighted by Crippen LogP contribution is 2.33. The second-order valence-electron chi connectivity index (χ2n) is 4.66. The van der Waals surface area contributed by atoms with Gasteiger partial charge in [0.05, 0.1) is 37.7 Å². The van der Waals surface area contributed by atoms with E-state index < -0.39 is 17.9 Å². The van der Waals surface area contributed by atoms with Crippen molar-refractivity contribution in [1.82, 2.24) is 0 Å². The summed E-state index contributed by atoms with van der Waals surface area (Å²) in [4.78, 5) is 37.0. The van der Waals surface area contributed by atoms with Gasteiger partial charge in [-0.15, -0.1) is 0 Å². The number of ether oxygens (including phenoxy) is 3. The molecule has 0 fully saturated rings. The molecule has 1 aliphatic rings. The van der Waals surface area contributed by atoms with Crippen molar-refractivity contribution in [3.05, 3.63) is 39.5 Å². The van der Waals surface area contributed by atoms with E-state index in [0.29, 0.717) is 4.47 Å². The molecule has 0 aliphatic carbocycles. The Kier molecular flexibility index (Phi) is 5.58. The molecule has 0 unspecified atom stereocenters. The molecule has 24 heavy (non-hydrogen) atoms. The van der Waals surface area contributed by atoms with Crippen LogP contribution in [-0.4, -0.2) is 50.6 Å². The summed E-state index contributed by atoms with van der Waals surface area (Å²) in [5, 5.41) is 9.46. The number of carboxylic acids is 1. The van der Waals surface area contributed by atoms with Crippen LogP contribution in [0.25, 0.3) is 0 Å². The van der Waals surface area contributed by atoms with Gasteiger partial charge in [-0.05, 0) is 28.1 Å². The molecule has 0 bridgehead atoms. The Labute approximate surface area is 145 Å². The number of methoxy groups -OCH3 is 2. The molecule has 0 radical (unpaired) electrons. The standard InChI is InChI=1S/C15H14BrNO7/c1-22-14(20)8-6-24-7-17(12(8)15(21)23-2)10-5-3-4-9(16)11(10)13(18)19/h3-5H,6-7H2,1-2H3,(H,18,19). The molecule has 128 valence electrons. The Morgan fingerprint density at radius 3 is 2.46 bits per heavy atom. The van der Waals surface area contributed by atoms with E-state index >= 15 is 0 Å². The van der Waals surface area contributed by atoms with Crippen molar-refractivity contribution in [2.45, 2.75) is 0 Å². The molecule has 0 amide bonds. The number of esters is 2. The average Bonchev–Trinajstić information content (AvgIpc) is 2.59. The van der Waals surface area contributed by atoms with Crippen molar-refractivity contribution in [2.24, 2.45) is 0 Å². The summed E-state index contributed by atoms with van der Waals surface area (Å²) < 4.78 is 15.0. The maximum atomic E-state index is 12.2.